The first-order chi connectivity index (χ1) is 9.16. The SMILES string of the molecule is Cc1cccc(CNC(C)C)c1OC1CCOCC1. The van der Waals surface area contributed by atoms with Crippen molar-refractivity contribution in [3.05, 3.63) is 29.3 Å². The summed E-state index contributed by atoms with van der Waals surface area (Å²) in [6.07, 6.45) is 2.28. The molecule has 1 aliphatic heterocycles. The second-order valence-electron chi connectivity index (χ2n) is 5.53. The molecule has 1 fully saturated rings. The van der Waals surface area contributed by atoms with Crippen LogP contribution in [0.25, 0.3) is 0 Å². The van der Waals surface area contributed by atoms with Crippen LogP contribution in [0.4, 0.5) is 0 Å². The lowest BCUT2D eigenvalue weighted by atomic mass is 10.1. The van der Waals surface area contributed by atoms with Gasteiger partial charge in [0.1, 0.15) is 11.9 Å². The number of hydrogen-bond donors (Lipinski definition) is 1. The fourth-order valence-corrected chi connectivity index (χ4v) is 2.30. The van der Waals surface area contributed by atoms with Crippen molar-refractivity contribution >= 4 is 0 Å². The number of ether oxygens (including phenoxy) is 2. The van der Waals surface area contributed by atoms with Gasteiger partial charge in [-0.25, -0.2) is 0 Å². The van der Waals surface area contributed by atoms with Crippen molar-refractivity contribution in [2.45, 2.75) is 52.3 Å². The van der Waals surface area contributed by atoms with Gasteiger partial charge in [0.25, 0.3) is 0 Å². The van der Waals surface area contributed by atoms with Crippen molar-refractivity contribution < 1.29 is 9.47 Å². The van der Waals surface area contributed by atoms with Crippen LogP contribution in [0.1, 0.15) is 37.8 Å². The highest BCUT2D eigenvalue weighted by Gasteiger charge is 2.18. The van der Waals surface area contributed by atoms with Crippen LogP contribution in [0.15, 0.2) is 18.2 Å². The number of rotatable bonds is 5. The van der Waals surface area contributed by atoms with Crippen molar-refractivity contribution in [3.63, 3.8) is 0 Å². The Hall–Kier alpha value is -1.06. The molecule has 0 saturated carbocycles. The number of aryl methyl sites for hydroxylation is 1. The zero-order chi connectivity index (χ0) is 13.7. The lowest BCUT2D eigenvalue weighted by Gasteiger charge is -2.26. The molecule has 1 saturated heterocycles. The van der Waals surface area contributed by atoms with E-state index in [1.165, 1.54) is 11.1 Å². The van der Waals surface area contributed by atoms with Crippen molar-refractivity contribution in [3.8, 4) is 5.75 Å². The Morgan fingerprint density at radius 1 is 1.32 bits per heavy atom. The maximum Gasteiger partial charge on any atom is 0.127 e. The molecule has 1 aromatic rings. The zero-order valence-electron chi connectivity index (χ0n) is 12.2. The van der Waals surface area contributed by atoms with Crippen LogP contribution in [0.5, 0.6) is 5.75 Å². The van der Waals surface area contributed by atoms with Gasteiger partial charge in [0, 0.05) is 31.0 Å². The molecule has 0 aliphatic carbocycles. The van der Waals surface area contributed by atoms with E-state index in [4.69, 9.17) is 9.47 Å². The molecule has 0 spiro atoms. The summed E-state index contributed by atoms with van der Waals surface area (Å²) in [7, 11) is 0. The molecule has 0 aromatic heterocycles. The molecule has 19 heavy (non-hydrogen) atoms. The molecule has 3 nitrogen and oxygen atoms in total. The maximum absolute atomic E-state index is 6.23. The van der Waals surface area contributed by atoms with Gasteiger partial charge in [-0.1, -0.05) is 32.0 Å². The van der Waals surface area contributed by atoms with E-state index in [1.54, 1.807) is 0 Å². The van der Waals surface area contributed by atoms with E-state index in [9.17, 15) is 0 Å². The van der Waals surface area contributed by atoms with E-state index < -0.39 is 0 Å². The van der Waals surface area contributed by atoms with Crippen molar-refractivity contribution in [1.29, 1.82) is 0 Å². The summed E-state index contributed by atoms with van der Waals surface area (Å²) in [6, 6.07) is 6.85. The monoisotopic (exact) mass is 263 g/mol. The molecular weight excluding hydrogens is 238 g/mol. The maximum atomic E-state index is 6.23. The quantitative estimate of drug-likeness (QED) is 0.885. The molecule has 0 amide bonds. The van der Waals surface area contributed by atoms with Crippen LogP contribution in [0, 0.1) is 6.92 Å². The van der Waals surface area contributed by atoms with Crippen LogP contribution >= 0.6 is 0 Å². The predicted molar refractivity (Wildman–Crippen MR) is 77.6 cm³/mol. The predicted octanol–water partition coefficient (Wildman–Crippen LogP) is 3.05. The lowest BCUT2D eigenvalue weighted by Crippen LogP contribution is -2.27. The average Bonchev–Trinajstić information content (AvgIpc) is 2.40. The Balaban J connectivity index is 2.07. The van der Waals surface area contributed by atoms with Crippen LogP contribution in [-0.2, 0) is 11.3 Å². The largest absolute Gasteiger partial charge is 0.490 e. The molecule has 1 aliphatic rings. The van der Waals surface area contributed by atoms with Crippen molar-refractivity contribution in [2.75, 3.05) is 13.2 Å². The molecule has 0 bridgehead atoms. The van der Waals surface area contributed by atoms with Crippen LogP contribution in [0.3, 0.4) is 0 Å². The van der Waals surface area contributed by atoms with E-state index in [0.717, 1.165) is 38.3 Å². The number of hydrogen-bond acceptors (Lipinski definition) is 3. The number of para-hydroxylation sites is 1. The van der Waals surface area contributed by atoms with Gasteiger partial charge in [-0.3, -0.25) is 0 Å². The Bertz CT molecular complexity index is 398. The van der Waals surface area contributed by atoms with Gasteiger partial charge in [0.15, 0.2) is 0 Å². The highest BCUT2D eigenvalue weighted by molar-refractivity contribution is 5.41. The average molecular weight is 263 g/mol. The minimum atomic E-state index is 0.299. The Labute approximate surface area is 116 Å². The van der Waals surface area contributed by atoms with E-state index >= 15 is 0 Å². The van der Waals surface area contributed by atoms with E-state index in [1.807, 2.05) is 0 Å². The summed E-state index contributed by atoms with van der Waals surface area (Å²) in [5, 5.41) is 3.46. The topological polar surface area (TPSA) is 30.5 Å². The fraction of sp³-hybridized carbons (Fsp3) is 0.625. The third-order valence-corrected chi connectivity index (χ3v) is 3.45. The molecule has 1 heterocycles. The second-order valence-corrected chi connectivity index (χ2v) is 5.53. The van der Waals surface area contributed by atoms with E-state index in [-0.39, 0.29) is 0 Å². The summed E-state index contributed by atoms with van der Waals surface area (Å²) in [6.45, 7) is 8.93. The van der Waals surface area contributed by atoms with Gasteiger partial charge in [0.2, 0.25) is 0 Å². The van der Waals surface area contributed by atoms with Gasteiger partial charge in [-0.2, -0.15) is 0 Å². The van der Waals surface area contributed by atoms with Crippen LogP contribution < -0.4 is 10.1 Å². The minimum Gasteiger partial charge on any atom is -0.490 e. The molecule has 0 atom stereocenters. The van der Waals surface area contributed by atoms with Crippen molar-refractivity contribution in [2.24, 2.45) is 0 Å². The third-order valence-electron chi connectivity index (χ3n) is 3.45. The molecule has 1 N–H and O–H groups in total. The Kier molecular flexibility index (Phi) is 5.23. The smallest absolute Gasteiger partial charge is 0.127 e. The summed E-state index contributed by atoms with van der Waals surface area (Å²) >= 11 is 0. The summed E-state index contributed by atoms with van der Waals surface area (Å²) in [5.41, 5.74) is 2.47. The van der Waals surface area contributed by atoms with Gasteiger partial charge in [0.05, 0.1) is 13.2 Å². The summed E-state index contributed by atoms with van der Waals surface area (Å²) in [4.78, 5) is 0. The molecular formula is C16H25NO2. The molecule has 106 valence electrons. The van der Waals surface area contributed by atoms with Crippen LogP contribution in [-0.4, -0.2) is 25.4 Å². The Morgan fingerprint density at radius 3 is 2.74 bits per heavy atom. The zero-order valence-corrected chi connectivity index (χ0v) is 12.2. The van der Waals surface area contributed by atoms with E-state index in [0.29, 0.717) is 12.1 Å². The highest BCUT2D eigenvalue weighted by Crippen LogP contribution is 2.26. The van der Waals surface area contributed by atoms with E-state index in [2.05, 4.69) is 44.3 Å². The van der Waals surface area contributed by atoms with Crippen LogP contribution in [0.2, 0.25) is 0 Å². The molecule has 2 rings (SSSR count). The first-order valence-corrected chi connectivity index (χ1v) is 7.23. The third kappa shape index (κ3) is 4.22. The lowest BCUT2D eigenvalue weighted by molar-refractivity contribution is 0.0248. The molecule has 3 heteroatoms. The molecule has 1 aromatic carbocycles. The first-order valence-electron chi connectivity index (χ1n) is 7.23. The Morgan fingerprint density at radius 2 is 2.05 bits per heavy atom. The van der Waals surface area contributed by atoms with Gasteiger partial charge < -0.3 is 14.8 Å². The van der Waals surface area contributed by atoms with Gasteiger partial charge in [-0.05, 0) is 12.5 Å². The van der Waals surface area contributed by atoms with Gasteiger partial charge >= 0.3 is 0 Å². The standard InChI is InChI=1S/C16H25NO2/c1-12(2)17-11-14-6-4-5-13(3)16(14)19-15-7-9-18-10-8-15/h4-6,12,15,17H,7-11H2,1-3H3. The minimum absolute atomic E-state index is 0.299. The first kappa shape index (κ1) is 14.4. The highest BCUT2D eigenvalue weighted by atomic mass is 16.5. The molecule has 0 radical (unpaired) electrons. The normalized spacial score (nSPS) is 16.8. The summed E-state index contributed by atoms with van der Waals surface area (Å²) < 4.78 is 11.6. The van der Waals surface area contributed by atoms with Gasteiger partial charge in [-0.15, -0.1) is 0 Å². The number of benzene rings is 1. The molecule has 0 unspecified atom stereocenters. The second kappa shape index (κ2) is 6.92. The number of nitrogens with one attached hydrogen (secondary N) is 1. The van der Waals surface area contributed by atoms with Crippen molar-refractivity contribution in [1.82, 2.24) is 5.32 Å². The summed E-state index contributed by atoms with van der Waals surface area (Å²) in [5.74, 6) is 1.06. The fourth-order valence-electron chi connectivity index (χ4n) is 2.30.